The second-order valence-electron chi connectivity index (χ2n) is 5.06. The first kappa shape index (κ1) is 13.5. The molecular formula is C13H26N2O. The van der Waals surface area contributed by atoms with Crippen molar-refractivity contribution in [3.05, 3.63) is 0 Å². The highest BCUT2D eigenvalue weighted by Crippen LogP contribution is 2.22. The number of amides is 1. The Morgan fingerprint density at radius 2 is 2.12 bits per heavy atom. The average Bonchev–Trinajstić information content (AvgIpc) is 2.30. The van der Waals surface area contributed by atoms with E-state index in [4.69, 9.17) is 0 Å². The first-order valence-corrected chi connectivity index (χ1v) is 6.61. The van der Waals surface area contributed by atoms with Crippen LogP contribution in [0.2, 0.25) is 0 Å². The van der Waals surface area contributed by atoms with Crippen LogP contribution in [-0.2, 0) is 4.79 Å². The second-order valence-corrected chi connectivity index (χ2v) is 5.06. The number of hydrogen-bond donors (Lipinski definition) is 1. The molecule has 0 saturated carbocycles. The SMILES string of the molecule is CCC(C)N(CC)C(=O)C1(C)CCCCN1. The molecule has 3 heteroatoms. The fourth-order valence-electron chi connectivity index (χ4n) is 2.43. The summed E-state index contributed by atoms with van der Waals surface area (Å²) in [5, 5.41) is 3.40. The molecule has 0 aromatic heterocycles. The van der Waals surface area contributed by atoms with E-state index in [1.54, 1.807) is 0 Å². The normalized spacial score (nSPS) is 27.5. The number of likely N-dealkylation sites (N-methyl/N-ethyl adjacent to an activating group) is 1. The van der Waals surface area contributed by atoms with Gasteiger partial charge in [0.1, 0.15) is 0 Å². The molecule has 1 aliphatic heterocycles. The summed E-state index contributed by atoms with van der Waals surface area (Å²) in [4.78, 5) is 14.5. The molecule has 0 spiro atoms. The molecule has 2 atom stereocenters. The van der Waals surface area contributed by atoms with Crippen LogP contribution in [0, 0.1) is 0 Å². The Labute approximate surface area is 99.6 Å². The van der Waals surface area contributed by atoms with Gasteiger partial charge in [0.25, 0.3) is 0 Å². The van der Waals surface area contributed by atoms with Crippen molar-refractivity contribution in [2.24, 2.45) is 0 Å². The maximum Gasteiger partial charge on any atom is 0.242 e. The van der Waals surface area contributed by atoms with Crippen LogP contribution in [0.4, 0.5) is 0 Å². The second kappa shape index (κ2) is 5.67. The largest absolute Gasteiger partial charge is 0.339 e. The third-order valence-electron chi connectivity index (χ3n) is 3.82. The van der Waals surface area contributed by atoms with Gasteiger partial charge in [-0.05, 0) is 53.0 Å². The van der Waals surface area contributed by atoms with E-state index in [2.05, 4.69) is 33.0 Å². The van der Waals surface area contributed by atoms with Gasteiger partial charge in [-0.25, -0.2) is 0 Å². The molecule has 1 rings (SSSR count). The zero-order chi connectivity index (χ0) is 12.2. The smallest absolute Gasteiger partial charge is 0.242 e. The molecule has 16 heavy (non-hydrogen) atoms. The predicted molar refractivity (Wildman–Crippen MR) is 67.4 cm³/mol. The topological polar surface area (TPSA) is 32.3 Å². The van der Waals surface area contributed by atoms with Gasteiger partial charge < -0.3 is 10.2 Å². The van der Waals surface area contributed by atoms with Crippen molar-refractivity contribution in [2.45, 2.75) is 65.0 Å². The van der Waals surface area contributed by atoms with Gasteiger partial charge in [-0.3, -0.25) is 4.79 Å². The fraction of sp³-hybridized carbons (Fsp3) is 0.923. The summed E-state index contributed by atoms with van der Waals surface area (Å²) in [6.45, 7) is 10.2. The summed E-state index contributed by atoms with van der Waals surface area (Å²) in [6, 6.07) is 0.345. The predicted octanol–water partition coefficient (Wildman–Crippen LogP) is 2.17. The molecule has 1 fully saturated rings. The molecule has 1 aliphatic rings. The molecule has 1 amide bonds. The Balaban J connectivity index is 2.73. The fourth-order valence-corrected chi connectivity index (χ4v) is 2.43. The zero-order valence-electron chi connectivity index (χ0n) is 11.2. The minimum atomic E-state index is -0.322. The van der Waals surface area contributed by atoms with Crippen molar-refractivity contribution in [3.63, 3.8) is 0 Å². The molecule has 0 aromatic rings. The van der Waals surface area contributed by atoms with E-state index >= 15 is 0 Å². The molecule has 1 saturated heterocycles. The highest BCUT2D eigenvalue weighted by Gasteiger charge is 2.37. The molecule has 0 radical (unpaired) electrons. The molecule has 2 unspecified atom stereocenters. The highest BCUT2D eigenvalue weighted by molar-refractivity contribution is 5.86. The van der Waals surface area contributed by atoms with E-state index in [0.717, 1.165) is 32.4 Å². The van der Waals surface area contributed by atoms with Gasteiger partial charge >= 0.3 is 0 Å². The third-order valence-corrected chi connectivity index (χ3v) is 3.82. The van der Waals surface area contributed by atoms with Crippen molar-refractivity contribution in [1.82, 2.24) is 10.2 Å². The molecule has 94 valence electrons. The molecule has 3 nitrogen and oxygen atoms in total. The highest BCUT2D eigenvalue weighted by atomic mass is 16.2. The quantitative estimate of drug-likeness (QED) is 0.797. The van der Waals surface area contributed by atoms with Gasteiger partial charge in [0.15, 0.2) is 0 Å². The Bertz CT molecular complexity index is 234. The van der Waals surface area contributed by atoms with Crippen molar-refractivity contribution in [2.75, 3.05) is 13.1 Å². The van der Waals surface area contributed by atoms with Crippen LogP contribution >= 0.6 is 0 Å². The van der Waals surface area contributed by atoms with Crippen LogP contribution in [0.15, 0.2) is 0 Å². The molecular weight excluding hydrogens is 200 g/mol. The van der Waals surface area contributed by atoms with Gasteiger partial charge in [-0.2, -0.15) is 0 Å². The van der Waals surface area contributed by atoms with E-state index < -0.39 is 0 Å². The minimum absolute atomic E-state index is 0.282. The number of nitrogens with one attached hydrogen (secondary N) is 1. The summed E-state index contributed by atoms with van der Waals surface area (Å²) in [5.74, 6) is 0.282. The standard InChI is InChI=1S/C13H26N2O/c1-5-11(3)15(6-2)12(16)13(4)9-7-8-10-14-13/h11,14H,5-10H2,1-4H3. The van der Waals surface area contributed by atoms with Crippen molar-refractivity contribution in [1.29, 1.82) is 0 Å². The van der Waals surface area contributed by atoms with Crippen molar-refractivity contribution in [3.8, 4) is 0 Å². The number of carbonyl (C=O) groups is 1. The molecule has 0 aliphatic carbocycles. The molecule has 1 N–H and O–H groups in total. The van der Waals surface area contributed by atoms with E-state index in [1.807, 2.05) is 4.90 Å². The van der Waals surface area contributed by atoms with E-state index in [0.29, 0.717) is 6.04 Å². The van der Waals surface area contributed by atoms with Gasteiger partial charge in [0.2, 0.25) is 5.91 Å². The summed E-state index contributed by atoms with van der Waals surface area (Å²) >= 11 is 0. The number of nitrogens with zero attached hydrogens (tertiary/aromatic N) is 1. The van der Waals surface area contributed by atoms with Crippen LogP contribution in [0.5, 0.6) is 0 Å². The van der Waals surface area contributed by atoms with Gasteiger partial charge in [-0.15, -0.1) is 0 Å². The van der Waals surface area contributed by atoms with Gasteiger partial charge in [0.05, 0.1) is 5.54 Å². The lowest BCUT2D eigenvalue weighted by molar-refractivity contribution is -0.140. The van der Waals surface area contributed by atoms with Gasteiger partial charge in [0, 0.05) is 12.6 Å². The van der Waals surface area contributed by atoms with Crippen LogP contribution in [0.1, 0.15) is 53.4 Å². The van der Waals surface area contributed by atoms with Crippen molar-refractivity contribution >= 4 is 5.91 Å². The monoisotopic (exact) mass is 226 g/mol. The number of hydrogen-bond acceptors (Lipinski definition) is 2. The van der Waals surface area contributed by atoms with Crippen LogP contribution in [-0.4, -0.2) is 35.5 Å². The first-order valence-electron chi connectivity index (χ1n) is 6.61. The Morgan fingerprint density at radius 3 is 2.56 bits per heavy atom. The van der Waals surface area contributed by atoms with Crippen LogP contribution < -0.4 is 5.32 Å². The minimum Gasteiger partial charge on any atom is -0.339 e. The van der Waals surface area contributed by atoms with Crippen molar-refractivity contribution < 1.29 is 4.79 Å². The number of piperidine rings is 1. The van der Waals surface area contributed by atoms with Crippen LogP contribution in [0.25, 0.3) is 0 Å². The zero-order valence-corrected chi connectivity index (χ0v) is 11.2. The lowest BCUT2D eigenvalue weighted by Gasteiger charge is -2.40. The Hall–Kier alpha value is -0.570. The molecule has 0 aromatic carbocycles. The lowest BCUT2D eigenvalue weighted by atomic mass is 9.89. The molecule has 0 bridgehead atoms. The van der Waals surface area contributed by atoms with Gasteiger partial charge in [-0.1, -0.05) is 6.92 Å². The number of rotatable bonds is 4. The maximum atomic E-state index is 12.5. The maximum absolute atomic E-state index is 12.5. The summed E-state index contributed by atoms with van der Waals surface area (Å²) in [6.07, 6.45) is 4.35. The lowest BCUT2D eigenvalue weighted by Crippen LogP contribution is -2.59. The first-order chi connectivity index (χ1) is 7.55. The summed E-state index contributed by atoms with van der Waals surface area (Å²) in [5.41, 5.74) is -0.322. The molecule has 1 heterocycles. The Morgan fingerprint density at radius 1 is 1.44 bits per heavy atom. The Kier molecular flexibility index (Phi) is 4.78. The average molecular weight is 226 g/mol. The van der Waals surface area contributed by atoms with E-state index in [-0.39, 0.29) is 11.4 Å². The summed E-state index contributed by atoms with van der Waals surface area (Å²) in [7, 11) is 0. The van der Waals surface area contributed by atoms with E-state index in [9.17, 15) is 4.79 Å². The number of carbonyl (C=O) groups excluding carboxylic acids is 1. The van der Waals surface area contributed by atoms with E-state index in [1.165, 1.54) is 6.42 Å². The third kappa shape index (κ3) is 2.76. The van der Waals surface area contributed by atoms with Crippen LogP contribution in [0.3, 0.4) is 0 Å². The summed E-state index contributed by atoms with van der Waals surface area (Å²) < 4.78 is 0.